The van der Waals surface area contributed by atoms with E-state index in [1.54, 1.807) is 24.4 Å². The molecule has 2 aromatic rings. The number of nitrogens with zero attached hydrogens (tertiary/aromatic N) is 3. The highest BCUT2D eigenvalue weighted by Gasteiger charge is 2.14. The molecule has 1 amide bonds. The minimum atomic E-state index is -1.29. The SMILES string of the molecule is O=C(N=C(Cn1cccn1)C(=O)O)OCc1ccccc1. The van der Waals surface area contributed by atoms with Gasteiger partial charge >= 0.3 is 12.1 Å². The van der Waals surface area contributed by atoms with Crippen molar-refractivity contribution in [2.45, 2.75) is 13.2 Å². The predicted octanol–water partition coefficient (Wildman–Crippen LogP) is 1.75. The van der Waals surface area contributed by atoms with Gasteiger partial charge in [0.25, 0.3) is 0 Å². The molecule has 21 heavy (non-hydrogen) atoms. The van der Waals surface area contributed by atoms with Gasteiger partial charge in [0.15, 0.2) is 5.71 Å². The number of carboxylic acid groups (broad SMARTS) is 1. The Morgan fingerprint density at radius 3 is 2.62 bits per heavy atom. The van der Waals surface area contributed by atoms with Crippen molar-refractivity contribution >= 4 is 17.8 Å². The number of aromatic nitrogens is 2. The van der Waals surface area contributed by atoms with E-state index < -0.39 is 12.1 Å². The number of carboxylic acids is 1. The Kier molecular flexibility index (Phi) is 4.81. The minimum absolute atomic E-state index is 0.0395. The van der Waals surface area contributed by atoms with Gasteiger partial charge in [0.05, 0.1) is 6.54 Å². The Hall–Kier alpha value is -2.96. The third kappa shape index (κ3) is 4.57. The minimum Gasteiger partial charge on any atom is -0.477 e. The molecule has 0 aliphatic rings. The number of aliphatic imine (C=N–C) groups is 1. The van der Waals surface area contributed by atoms with Crippen molar-refractivity contribution in [2.75, 3.05) is 0 Å². The van der Waals surface area contributed by atoms with Crippen LogP contribution in [0.3, 0.4) is 0 Å². The number of carbonyl (C=O) groups is 2. The maximum Gasteiger partial charge on any atom is 0.434 e. The topological polar surface area (TPSA) is 93.8 Å². The summed E-state index contributed by atoms with van der Waals surface area (Å²) in [4.78, 5) is 26.1. The summed E-state index contributed by atoms with van der Waals surface area (Å²) in [6.07, 6.45) is 2.14. The van der Waals surface area contributed by atoms with Crippen LogP contribution in [0.1, 0.15) is 5.56 Å². The van der Waals surface area contributed by atoms with Gasteiger partial charge in [-0.25, -0.2) is 9.59 Å². The molecule has 0 radical (unpaired) electrons. The third-order valence-electron chi connectivity index (χ3n) is 2.55. The molecule has 2 rings (SSSR count). The number of ether oxygens (including phenoxy) is 1. The van der Waals surface area contributed by atoms with Crippen LogP contribution in [0.4, 0.5) is 4.79 Å². The standard InChI is InChI=1S/C14H13N3O4/c18-13(19)12(9-17-8-4-7-15-17)16-14(20)21-10-11-5-2-1-3-6-11/h1-8H,9-10H2,(H,18,19). The fraction of sp³-hybridized carbons (Fsp3) is 0.143. The first-order valence-electron chi connectivity index (χ1n) is 6.14. The lowest BCUT2D eigenvalue weighted by atomic mass is 10.2. The van der Waals surface area contributed by atoms with Crippen LogP contribution in [0, 0.1) is 0 Å². The van der Waals surface area contributed by atoms with Crippen molar-refractivity contribution < 1.29 is 19.4 Å². The van der Waals surface area contributed by atoms with Crippen molar-refractivity contribution in [1.29, 1.82) is 0 Å². The molecule has 0 spiro atoms. The van der Waals surface area contributed by atoms with E-state index >= 15 is 0 Å². The fourth-order valence-corrected chi connectivity index (χ4v) is 1.56. The van der Waals surface area contributed by atoms with Crippen LogP contribution in [-0.2, 0) is 22.7 Å². The zero-order valence-corrected chi connectivity index (χ0v) is 11.0. The van der Waals surface area contributed by atoms with Crippen LogP contribution in [0.25, 0.3) is 0 Å². The summed E-state index contributed by atoms with van der Waals surface area (Å²) in [6, 6.07) is 10.7. The maximum absolute atomic E-state index is 11.6. The van der Waals surface area contributed by atoms with Gasteiger partial charge in [-0.05, 0) is 11.6 Å². The summed E-state index contributed by atoms with van der Waals surface area (Å²) in [5.74, 6) is -1.29. The largest absolute Gasteiger partial charge is 0.477 e. The number of benzene rings is 1. The summed E-state index contributed by atoms with van der Waals surface area (Å²) >= 11 is 0. The van der Waals surface area contributed by atoms with E-state index in [0.717, 1.165) is 5.56 Å². The summed E-state index contributed by atoms with van der Waals surface area (Å²) in [7, 11) is 0. The van der Waals surface area contributed by atoms with Crippen LogP contribution < -0.4 is 0 Å². The van der Waals surface area contributed by atoms with Gasteiger partial charge in [-0.3, -0.25) is 4.68 Å². The number of amides is 1. The van der Waals surface area contributed by atoms with Crippen molar-refractivity contribution in [3.8, 4) is 0 Å². The molecular weight excluding hydrogens is 274 g/mol. The lowest BCUT2D eigenvalue weighted by Gasteiger charge is -2.04. The van der Waals surface area contributed by atoms with Crippen molar-refractivity contribution in [1.82, 2.24) is 9.78 Å². The fourth-order valence-electron chi connectivity index (χ4n) is 1.56. The summed E-state index contributed by atoms with van der Waals surface area (Å²) in [5, 5.41) is 12.9. The average molecular weight is 287 g/mol. The molecule has 0 saturated carbocycles. The molecular formula is C14H13N3O4. The molecule has 1 heterocycles. The van der Waals surface area contributed by atoms with Gasteiger partial charge in [-0.15, -0.1) is 0 Å². The highest BCUT2D eigenvalue weighted by molar-refractivity contribution is 6.36. The van der Waals surface area contributed by atoms with Crippen LogP contribution >= 0.6 is 0 Å². The maximum atomic E-state index is 11.6. The molecule has 108 valence electrons. The van der Waals surface area contributed by atoms with E-state index in [4.69, 9.17) is 9.84 Å². The van der Waals surface area contributed by atoms with Crippen LogP contribution in [0.2, 0.25) is 0 Å². The van der Waals surface area contributed by atoms with E-state index in [1.807, 2.05) is 18.2 Å². The molecule has 0 atom stereocenters. The van der Waals surface area contributed by atoms with E-state index in [1.165, 1.54) is 10.9 Å². The predicted molar refractivity (Wildman–Crippen MR) is 73.9 cm³/mol. The second kappa shape index (κ2) is 6.99. The van der Waals surface area contributed by atoms with Crippen molar-refractivity contribution in [3.05, 3.63) is 54.4 Å². The Morgan fingerprint density at radius 1 is 1.24 bits per heavy atom. The summed E-state index contributed by atoms with van der Waals surface area (Å²) in [6.45, 7) is -0.0688. The molecule has 0 unspecified atom stereocenters. The molecule has 1 aromatic heterocycles. The molecule has 1 N–H and O–H groups in total. The molecule has 7 nitrogen and oxygen atoms in total. The average Bonchev–Trinajstić information content (AvgIpc) is 2.98. The normalized spacial score (nSPS) is 11.1. The monoisotopic (exact) mass is 287 g/mol. The van der Waals surface area contributed by atoms with Gasteiger partial charge in [-0.2, -0.15) is 10.1 Å². The van der Waals surface area contributed by atoms with E-state index in [0.29, 0.717) is 0 Å². The highest BCUT2D eigenvalue weighted by Crippen LogP contribution is 2.02. The van der Waals surface area contributed by atoms with Gasteiger partial charge in [-0.1, -0.05) is 30.3 Å². The number of hydrogen-bond donors (Lipinski definition) is 1. The van der Waals surface area contributed by atoms with Crippen molar-refractivity contribution in [3.63, 3.8) is 0 Å². The molecule has 7 heteroatoms. The van der Waals surface area contributed by atoms with Gasteiger partial charge < -0.3 is 9.84 Å². The summed E-state index contributed by atoms with van der Waals surface area (Å²) in [5.41, 5.74) is 0.460. The lowest BCUT2D eigenvalue weighted by molar-refractivity contribution is -0.129. The van der Waals surface area contributed by atoms with Gasteiger partial charge in [0.2, 0.25) is 0 Å². The molecule has 0 aliphatic carbocycles. The highest BCUT2D eigenvalue weighted by atomic mass is 16.5. The first-order valence-corrected chi connectivity index (χ1v) is 6.14. The zero-order valence-electron chi connectivity index (χ0n) is 11.0. The molecule has 0 fully saturated rings. The Labute approximate surface area is 120 Å². The summed E-state index contributed by atoms with van der Waals surface area (Å²) < 4.78 is 6.27. The quantitative estimate of drug-likeness (QED) is 0.845. The second-order valence-corrected chi connectivity index (χ2v) is 4.11. The van der Waals surface area contributed by atoms with Crippen molar-refractivity contribution in [2.24, 2.45) is 4.99 Å². The van der Waals surface area contributed by atoms with Crippen LogP contribution in [0.15, 0.2) is 53.8 Å². The van der Waals surface area contributed by atoms with Crippen LogP contribution in [0.5, 0.6) is 0 Å². The van der Waals surface area contributed by atoms with Crippen LogP contribution in [-0.4, -0.2) is 32.7 Å². The Bertz CT molecular complexity index is 636. The molecule has 0 aliphatic heterocycles. The first-order chi connectivity index (χ1) is 10.1. The zero-order chi connectivity index (χ0) is 15.1. The lowest BCUT2D eigenvalue weighted by Crippen LogP contribution is -2.22. The second-order valence-electron chi connectivity index (χ2n) is 4.11. The van der Waals surface area contributed by atoms with E-state index in [-0.39, 0.29) is 18.9 Å². The molecule has 0 saturated heterocycles. The first kappa shape index (κ1) is 14.4. The molecule has 0 bridgehead atoms. The smallest absolute Gasteiger partial charge is 0.434 e. The third-order valence-corrected chi connectivity index (χ3v) is 2.55. The van der Waals surface area contributed by atoms with E-state index in [2.05, 4.69) is 10.1 Å². The Morgan fingerprint density at radius 2 is 2.00 bits per heavy atom. The van der Waals surface area contributed by atoms with Gasteiger partial charge in [0.1, 0.15) is 6.61 Å². The number of aliphatic carboxylic acids is 1. The number of hydrogen-bond acceptors (Lipinski definition) is 4. The number of rotatable bonds is 5. The van der Waals surface area contributed by atoms with E-state index in [9.17, 15) is 9.59 Å². The Balaban J connectivity index is 1.97. The number of carbonyl (C=O) groups excluding carboxylic acids is 1. The molecule has 1 aromatic carbocycles. The van der Waals surface area contributed by atoms with Gasteiger partial charge in [0, 0.05) is 12.4 Å².